The number of ether oxygens (including phenoxy) is 3. The SMILES string of the molecule is CCc1ccccc1OCC(=O)OCC(=O)NCCOc1ccccc1. The van der Waals surface area contributed by atoms with Crippen LogP contribution in [0.4, 0.5) is 0 Å². The number of carbonyl (C=O) groups excluding carboxylic acids is 2. The zero-order valence-electron chi connectivity index (χ0n) is 14.8. The molecule has 0 spiro atoms. The van der Waals surface area contributed by atoms with Gasteiger partial charge in [-0.05, 0) is 30.2 Å². The third kappa shape index (κ3) is 6.84. The molecule has 2 aromatic carbocycles. The van der Waals surface area contributed by atoms with Gasteiger partial charge >= 0.3 is 5.97 Å². The highest BCUT2D eigenvalue weighted by molar-refractivity contribution is 5.80. The Balaban J connectivity index is 1.59. The number of nitrogens with one attached hydrogen (secondary N) is 1. The number of rotatable bonds is 10. The minimum atomic E-state index is -0.591. The first-order valence-corrected chi connectivity index (χ1v) is 8.50. The summed E-state index contributed by atoms with van der Waals surface area (Å²) in [5.74, 6) is 0.405. The van der Waals surface area contributed by atoms with E-state index in [0.29, 0.717) is 18.9 Å². The molecule has 0 saturated heterocycles. The predicted octanol–water partition coefficient (Wildman–Crippen LogP) is 2.37. The molecule has 6 nitrogen and oxygen atoms in total. The largest absolute Gasteiger partial charge is 0.492 e. The van der Waals surface area contributed by atoms with E-state index in [0.717, 1.165) is 17.7 Å². The molecule has 0 saturated carbocycles. The summed E-state index contributed by atoms with van der Waals surface area (Å²) >= 11 is 0. The molecular formula is C20H23NO5. The zero-order chi connectivity index (χ0) is 18.6. The molecule has 0 unspecified atom stereocenters. The lowest BCUT2D eigenvalue weighted by atomic mass is 10.1. The standard InChI is InChI=1S/C20H23NO5/c1-2-16-8-6-7-11-18(16)25-15-20(23)26-14-19(22)21-12-13-24-17-9-4-3-5-10-17/h3-11H,2,12-15H2,1H3,(H,21,22). The molecule has 0 aliphatic rings. The van der Waals surface area contributed by atoms with E-state index in [1.807, 2.05) is 55.5 Å². The fourth-order valence-corrected chi connectivity index (χ4v) is 2.19. The number of benzene rings is 2. The van der Waals surface area contributed by atoms with E-state index in [4.69, 9.17) is 14.2 Å². The Morgan fingerprint density at radius 1 is 0.923 bits per heavy atom. The fourth-order valence-electron chi connectivity index (χ4n) is 2.19. The molecule has 1 amide bonds. The first-order valence-electron chi connectivity index (χ1n) is 8.50. The van der Waals surface area contributed by atoms with Crippen LogP contribution in [0.1, 0.15) is 12.5 Å². The molecule has 138 valence electrons. The highest BCUT2D eigenvalue weighted by Crippen LogP contribution is 2.18. The van der Waals surface area contributed by atoms with Gasteiger partial charge < -0.3 is 19.5 Å². The summed E-state index contributed by atoms with van der Waals surface area (Å²) in [6.07, 6.45) is 0.804. The van der Waals surface area contributed by atoms with Crippen LogP contribution in [0.3, 0.4) is 0 Å². The molecule has 0 radical (unpaired) electrons. The summed E-state index contributed by atoms with van der Waals surface area (Å²) in [5, 5.41) is 2.62. The Morgan fingerprint density at radius 2 is 1.65 bits per heavy atom. The van der Waals surface area contributed by atoms with E-state index < -0.39 is 5.97 Å². The van der Waals surface area contributed by atoms with Crippen LogP contribution in [0.25, 0.3) is 0 Å². The molecule has 1 N–H and O–H groups in total. The van der Waals surface area contributed by atoms with Crippen molar-refractivity contribution in [2.75, 3.05) is 26.4 Å². The molecular weight excluding hydrogens is 334 g/mol. The Bertz CT molecular complexity index is 702. The minimum absolute atomic E-state index is 0.235. The molecule has 2 rings (SSSR count). The summed E-state index contributed by atoms with van der Waals surface area (Å²) in [4.78, 5) is 23.3. The number of carbonyl (C=O) groups is 2. The van der Waals surface area contributed by atoms with Gasteiger partial charge in [0.2, 0.25) is 0 Å². The van der Waals surface area contributed by atoms with Crippen molar-refractivity contribution < 1.29 is 23.8 Å². The van der Waals surface area contributed by atoms with Gasteiger partial charge in [-0.15, -0.1) is 0 Å². The lowest BCUT2D eigenvalue weighted by molar-refractivity contribution is -0.150. The average molecular weight is 357 g/mol. The fraction of sp³-hybridized carbons (Fsp3) is 0.300. The van der Waals surface area contributed by atoms with Gasteiger partial charge in [0, 0.05) is 0 Å². The van der Waals surface area contributed by atoms with Gasteiger partial charge in [0.1, 0.15) is 18.1 Å². The van der Waals surface area contributed by atoms with E-state index in [2.05, 4.69) is 5.32 Å². The summed E-state index contributed by atoms with van der Waals surface area (Å²) in [5.41, 5.74) is 1.01. The molecule has 26 heavy (non-hydrogen) atoms. The third-order valence-electron chi connectivity index (χ3n) is 3.50. The van der Waals surface area contributed by atoms with E-state index in [1.54, 1.807) is 6.07 Å². The number of hydrogen-bond acceptors (Lipinski definition) is 5. The maximum atomic E-state index is 11.7. The number of esters is 1. The van der Waals surface area contributed by atoms with Crippen LogP contribution in [0.2, 0.25) is 0 Å². The predicted molar refractivity (Wildman–Crippen MR) is 97.2 cm³/mol. The third-order valence-corrected chi connectivity index (χ3v) is 3.50. The summed E-state index contributed by atoms with van der Waals surface area (Å²) < 4.78 is 15.8. The highest BCUT2D eigenvalue weighted by Gasteiger charge is 2.09. The molecule has 0 bridgehead atoms. The zero-order valence-corrected chi connectivity index (χ0v) is 14.8. The van der Waals surface area contributed by atoms with Gasteiger partial charge in [-0.2, -0.15) is 0 Å². The summed E-state index contributed by atoms with van der Waals surface area (Å²) in [7, 11) is 0. The van der Waals surface area contributed by atoms with Crippen molar-refractivity contribution in [2.24, 2.45) is 0 Å². The van der Waals surface area contributed by atoms with Gasteiger partial charge in [-0.1, -0.05) is 43.3 Å². The van der Waals surface area contributed by atoms with Crippen molar-refractivity contribution in [1.29, 1.82) is 0 Å². The van der Waals surface area contributed by atoms with Crippen LogP contribution in [0.15, 0.2) is 54.6 Å². The van der Waals surface area contributed by atoms with Crippen molar-refractivity contribution in [2.45, 2.75) is 13.3 Å². The summed E-state index contributed by atoms with van der Waals surface area (Å²) in [6.45, 7) is 2.09. The van der Waals surface area contributed by atoms with Crippen molar-refractivity contribution in [3.8, 4) is 11.5 Å². The molecule has 6 heteroatoms. The first-order chi connectivity index (χ1) is 12.7. The second kappa shape index (κ2) is 10.8. The van der Waals surface area contributed by atoms with Gasteiger partial charge in [0.25, 0.3) is 5.91 Å². The molecule has 0 aromatic heterocycles. The van der Waals surface area contributed by atoms with Crippen LogP contribution in [0.5, 0.6) is 11.5 Å². The van der Waals surface area contributed by atoms with Crippen LogP contribution in [-0.4, -0.2) is 38.2 Å². The Labute approximate surface area is 153 Å². The Hall–Kier alpha value is -3.02. The monoisotopic (exact) mass is 357 g/mol. The maximum absolute atomic E-state index is 11.7. The minimum Gasteiger partial charge on any atom is -0.492 e. The number of aryl methyl sites for hydroxylation is 1. The Kier molecular flexibility index (Phi) is 7.99. The number of hydrogen-bond donors (Lipinski definition) is 1. The van der Waals surface area contributed by atoms with Gasteiger partial charge in [-0.25, -0.2) is 4.79 Å². The molecule has 0 fully saturated rings. The normalized spacial score (nSPS) is 10.0. The van der Waals surface area contributed by atoms with E-state index in [1.165, 1.54) is 0 Å². The first kappa shape index (κ1) is 19.3. The number of para-hydroxylation sites is 2. The second-order valence-electron chi connectivity index (χ2n) is 5.42. The molecule has 0 heterocycles. The average Bonchev–Trinajstić information content (AvgIpc) is 2.69. The second-order valence-corrected chi connectivity index (χ2v) is 5.42. The molecule has 0 atom stereocenters. The topological polar surface area (TPSA) is 73.9 Å². The van der Waals surface area contributed by atoms with Crippen molar-refractivity contribution in [3.05, 3.63) is 60.2 Å². The van der Waals surface area contributed by atoms with Crippen LogP contribution >= 0.6 is 0 Å². The van der Waals surface area contributed by atoms with E-state index >= 15 is 0 Å². The van der Waals surface area contributed by atoms with Gasteiger partial charge in [0.05, 0.1) is 6.54 Å². The lowest BCUT2D eigenvalue weighted by Crippen LogP contribution is -2.32. The van der Waals surface area contributed by atoms with Crippen LogP contribution in [-0.2, 0) is 20.7 Å². The van der Waals surface area contributed by atoms with Gasteiger partial charge in [0.15, 0.2) is 13.2 Å². The van der Waals surface area contributed by atoms with Gasteiger partial charge in [-0.3, -0.25) is 4.79 Å². The van der Waals surface area contributed by atoms with Crippen LogP contribution in [0, 0.1) is 0 Å². The molecule has 2 aromatic rings. The highest BCUT2D eigenvalue weighted by atomic mass is 16.6. The molecule has 0 aliphatic heterocycles. The van der Waals surface area contributed by atoms with Crippen LogP contribution < -0.4 is 14.8 Å². The maximum Gasteiger partial charge on any atom is 0.344 e. The van der Waals surface area contributed by atoms with Crippen molar-refractivity contribution >= 4 is 11.9 Å². The van der Waals surface area contributed by atoms with E-state index in [-0.39, 0.29) is 19.1 Å². The van der Waals surface area contributed by atoms with Crippen molar-refractivity contribution in [3.63, 3.8) is 0 Å². The quantitative estimate of drug-likeness (QED) is 0.522. The lowest BCUT2D eigenvalue weighted by Gasteiger charge is -2.10. The molecule has 0 aliphatic carbocycles. The summed E-state index contributed by atoms with van der Waals surface area (Å²) in [6, 6.07) is 16.8. The Morgan fingerprint density at radius 3 is 2.42 bits per heavy atom. The van der Waals surface area contributed by atoms with E-state index in [9.17, 15) is 9.59 Å². The smallest absolute Gasteiger partial charge is 0.344 e. The number of amides is 1. The van der Waals surface area contributed by atoms with Crippen molar-refractivity contribution in [1.82, 2.24) is 5.32 Å².